The van der Waals surface area contributed by atoms with Gasteiger partial charge in [-0.3, -0.25) is 19.4 Å². The predicted octanol–water partition coefficient (Wildman–Crippen LogP) is 3.20. The lowest BCUT2D eigenvalue weighted by Gasteiger charge is -2.42. The van der Waals surface area contributed by atoms with E-state index in [1.165, 1.54) is 50.7 Å². The highest BCUT2D eigenvalue weighted by Crippen LogP contribution is 2.32. The van der Waals surface area contributed by atoms with Gasteiger partial charge in [0.25, 0.3) is 11.8 Å². The molecule has 202 valence electrons. The van der Waals surface area contributed by atoms with Crippen LogP contribution in [0.4, 0.5) is 5.69 Å². The molecule has 10 heteroatoms. The molecule has 2 N–H and O–H groups in total. The Morgan fingerprint density at radius 2 is 1.95 bits per heavy atom. The average Bonchev–Trinajstić information content (AvgIpc) is 2.95. The summed E-state index contributed by atoms with van der Waals surface area (Å²) in [5, 5.41) is 5.86. The molecule has 3 atom stereocenters. The molecule has 38 heavy (non-hydrogen) atoms. The minimum atomic E-state index is -0.416. The number of benzene rings is 1. The van der Waals surface area contributed by atoms with Crippen LogP contribution in [-0.4, -0.2) is 71.0 Å². The normalized spacial score (nSPS) is 23.8. The van der Waals surface area contributed by atoms with Gasteiger partial charge in [-0.05, 0) is 49.8 Å². The molecular formula is C28H35N5O5. The van der Waals surface area contributed by atoms with Crippen molar-refractivity contribution >= 4 is 23.4 Å². The maximum atomic E-state index is 13.4. The molecule has 0 bridgehead atoms. The Morgan fingerprint density at radius 3 is 2.74 bits per heavy atom. The van der Waals surface area contributed by atoms with Gasteiger partial charge in [0.05, 0.1) is 30.3 Å². The minimum absolute atomic E-state index is 0.0247. The maximum absolute atomic E-state index is 13.4. The van der Waals surface area contributed by atoms with Crippen LogP contribution < -0.4 is 15.4 Å². The summed E-state index contributed by atoms with van der Waals surface area (Å²) in [7, 11) is 1.76. The van der Waals surface area contributed by atoms with E-state index in [-0.39, 0.29) is 42.4 Å². The molecule has 2 fully saturated rings. The highest BCUT2D eigenvalue weighted by molar-refractivity contribution is 6.04. The highest BCUT2D eigenvalue weighted by Gasteiger charge is 2.39. The van der Waals surface area contributed by atoms with E-state index in [9.17, 15) is 14.4 Å². The van der Waals surface area contributed by atoms with Crippen LogP contribution in [0.15, 0.2) is 36.8 Å². The topological polar surface area (TPSA) is 123 Å². The monoisotopic (exact) mass is 521 g/mol. The van der Waals surface area contributed by atoms with Crippen molar-refractivity contribution in [3.63, 3.8) is 0 Å². The van der Waals surface area contributed by atoms with Gasteiger partial charge in [-0.25, -0.2) is 4.98 Å². The molecule has 2 aromatic rings. The van der Waals surface area contributed by atoms with Crippen LogP contribution in [0.5, 0.6) is 5.75 Å². The third kappa shape index (κ3) is 6.12. The summed E-state index contributed by atoms with van der Waals surface area (Å²) in [6, 6.07) is 4.80. The van der Waals surface area contributed by atoms with Crippen LogP contribution in [-0.2, 0) is 9.53 Å². The number of carbonyl (C=O) groups excluding carboxylic acids is 3. The number of ether oxygens (including phenoxy) is 2. The van der Waals surface area contributed by atoms with E-state index in [2.05, 4.69) is 20.6 Å². The zero-order valence-electron chi connectivity index (χ0n) is 21.7. The van der Waals surface area contributed by atoms with Gasteiger partial charge < -0.3 is 25.0 Å². The highest BCUT2D eigenvalue weighted by atomic mass is 16.5. The van der Waals surface area contributed by atoms with Crippen LogP contribution in [0.1, 0.15) is 72.2 Å². The van der Waals surface area contributed by atoms with Gasteiger partial charge >= 0.3 is 0 Å². The summed E-state index contributed by atoms with van der Waals surface area (Å²) in [5.41, 5.74) is 1.01. The van der Waals surface area contributed by atoms with Crippen LogP contribution in [0.2, 0.25) is 0 Å². The molecule has 0 spiro atoms. The Morgan fingerprint density at radius 1 is 1.11 bits per heavy atom. The largest absolute Gasteiger partial charge is 0.490 e. The molecule has 3 heterocycles. The molecule has 0 unspecified atom stereocenters. The van der Waals surface area contributed by atoms with Crippen molar-refractivity contribution in [1.82, 2.24) is 20.2 Å². The zero-order chi connectivity index (χ0) is 26.5. The van der Waals surface area contributed by atoms with Crippen LogP contribution in [0, 0.1) is 5.92 Å². The molecule has 5 rings (SSSR count). The van der Waals surface area contributed by atoms with Crippen molar-refractivity contribution in [3.8, 4) is 5.75 Å². The SMILES string of the molecule is CN1C(=O)c2cc(NC(=O)c3cnccn3)ccc2OC[C@H]2O[C@@H](CC(=O)NCC3CCCCC3)CC[C@@H]21. The number of fused-ring (bicyclic) bond motifs is 2. The van der Waals surface area contributed by atoms with Gasteiger partial charge in [0.2, 0.25) is 5.91 Å². The van der Waals surface area contributed by atoms with Crippen molar-refractivity contribution in [1.29, 1.82) is 0 Å². The van der Waals surface area contributed by atoms with E-state index in [4.69, 9.17) is 9.47 Å². The van der Waals surface area contributed by atoms with Gasteiger partial charge in [0.15, 0.2) is 0 Å². The minimum Gasteiger partial charge on any atom is -0.490 e. The molecule has 3 amide bonds. The lowest BCUT2D eigenvalue weighted by atomic mass is 9.89. The summed E-state index contributed by atoms with van der Waals surface area (Å²) in [6.07, 6.45) is 11.7. The first-order valence-electron chi connectivity index (χ1n) is 13.5. The van der Waals surface area contributed by atoms with Gasteiger partial charge in [0.1, 0.15) is 24.2 Å². The lowest BCUT2D eigenvalue weighted by molar-refractivity contribution is -0.134. The number of aromatic nitrogens is 2. The molecule has 1 saturated carbocycles. The smallest absolute Gasteiger partial charge is 0.275 e. The molecule has 3 aliphatic rings. The van der Waals surface area contributed by atoms with E-state index in [1.54, 1.807) is 30.1 Å². The number of likely N-dealkylation sites (N-methyl/N-ethyl adjacent to an activating group) is 1. The number of amides is 3. The number of hydrogen-bond donors (Lipinski definition) is 2. The molecular weight excluding hydrogens is 486 g/mol. The fourth-order valence-corrected chi connectivity index (χ4v) is 5.65. The second-order valence-electron chi connectivity index (χ2n) is 10.4. The fourth-order valence-electron chi connectivity index (χ4n) is 5.65. The number of anilines is 1. The second-order valence-corrected chi connectivity index (χ2v) is 10.4. The summed E-state index contributed by atoms with van der Waals surface area (Å²) >= 11 is 0. The van der Waals surface area contributed by atoms with Crippen LogP contribution in [0.25, 0.3) is 0 Å². The zero-order valence-corrected chi connectivity index (χ0v) is 21.7. The molecule has 10 nitrogen and oxygen atoms in total. The molecule has 1 aromatic carbocycles. The van der Waals surface area contributed by atoms with Crippen molar-refractivity contribution in [3.05, 3.63) is 48.0 Å². The first-order chi connectivity index (χ1) is 18.5. The molecule has 1 saturated heterocycles. The van der Waals surface area contributed by atoms with Gasteiger partial charge in [-0.2, -0.15) is 0 Å². The number of carbonyl (C=O) groups is 3. The van der Waals surface area contributed by atoms with Crippen LogP contribution in [0.3, 0.4) is 0 Å². The molecule has 1 aromatic heterocycles. The Labute approximate surface area is 222 Å². The fraction of sp³-hybridized carbons (Fsp3) is 0.536. The third-order valence-electron chi connectivity index (χ3n) is 7.79. The van der Waals surface area contributed by atoms with E-state index in [0.717, 1.165) is 13.0 Å². The number of hydrogen-bond acceptors (Lipinski definition) is 7. The Bertz CT molecular complexity index is 1150. The molecule has 1 aliphatic carbocycles. The van der Waals surface area contributed by atoms with Gasteiger partial charge in [-0.1, -0.05) is 19.3 Å². The summed E-state index contributed by atoms with van der Waals surface area (Å²) < 4.78 is 12.3. The quantitative estimate of drug-likeness (QED) is 0.599. The Hall–Kier alpha value is -3.53. The Balaban J connectivity index is 1.20. The van der Waals surface area contributed by atoms with Crippen molar-refractivity contribution in [2.75, 3.05) is 25.5 Å². The van der Waals surface area contributed by atoms with E-state index in [0.29, 0.717) is 35.8 Å². The van der Waals surface area contributed by atoms with Gasteiger partial charge in [0, 0.05) is 31.7 Å². The average molecular weight is 522 g/mol. The molecule has 2 aliphatic heterocycles. The molecule has 0 radical (unpaired) electrons. The van der Waals surface area contributed by atoms with Gasteiger partial charge in [-0.15, -0.1) is 0 Å². The second kappa shape index (κ2) is 11.9. The predicted molar refractivity (Wildman–Crippen MR) is 140 cm³/mol. The summed E-state index contributed by atoms with van der Waals surface area (Å²) in [5.74, 6) is 0.409. The summed E-state index contributed by atoms with van der Waals surface area (Å²) in [4.78, 5) is 48.1. The number of nitrogens with one attached hydrogen (secondary N) is 2. The van der Waals surface area contributed by atoms with Crippen molar-refractivity contribution in [2.45, 2.75) is 69.6 Å². The Kier molecular flexibility index (Phi) is 8.17. The number of rotatable bonds is 6. The summed E-state index contributed by atoms with van der Waals surface area (Å²) in [6.45, 7) is 1.01. The first-order valence-corrected chi connectivity index (χ1v) is 13.5. The maximum Gasteiger partial charge on any atom is 0.275 e. The van der Waals surface area contributed by atoms with E-state index in [1.807, 2.05) is 0 Å². The van der Waals surface area contributed by atoms with Crippen molar-refractivity contribution < 1.29 is 23.9 Å². The van der Waals surface area contributed by atoms with Crippen molar-refractivity contribution in [2.24, 2.45) is 5.92 Å². The van der Waals surface area contributed by atoms with Crippen LogP contribution >= 0.6 is 0 Å². The van der Waals surface area contributed by atoms with E-state index < -0.39 is 5.91 Å². The standard InChI is InChI=1S/C28H35N5O5/c1-33-23-9-8-20(14-26(34)31-15-18-5-3-2-4-6-18)38-25(23)17-37-24-10-7-19(13-21(24)28(33)36)32-27(35)22-16-29-11-12-30-22/h7,10-13,16,18,20,23,25H,2-6,8-9,14-15,17H2,1H3,(H,31,34)(H,32,35)/t20-,23+,25-/m1/s1. The first kappa shape index (κ1) is 26.1. The number of nitrogens with zero attached hydrogens (tertiary/aromatic N) is 3. The third-order valence-corrected chi connectivity index (χ3v) is 7.79. The van der Waals surface area contributed by atoms with E-state index >= 15 is 0 Å². The lowest BCUT2D eigenvalue weighted by Crippen LogP contribution is -2.54.